The molecule has 3 nitrogen and oxygen atoms in total. The number of nitrogens with zero attached hydrogens (tertiary/aromatic N) is 2. The topological polar surface area (TPSA) is 32.7 Å². The van der Waals surface area contributed by atoms with Crippen molar-refractivity contribution in [3.63, 3.8) is 0 Å². The van der Waals surface area contributed by atoms with Crippen molar-refractivity contribution in [3.8, 4) is 0 Å². The molecule has 184 valence electrons. The lowest BCUT2D eigenvalue weighted by Gasteiger charge is -2.29. The predicted molar refractivity (Wildman–Crippen MR) is 123 cm³/mol. The standard InChI is InChI=1S/C23H21ClF6N2OS/c1-14(33)21(10-3-11-34-2)13-32(17-7-5-16(6-8-17)22(25,26)27)31-20(21)15-4-9-18(19(24)12-15)23(28,29)30/h4-9,12H,3,10-11,13H2,1-2H3. The minimum atomic E-state index is -4.64. The highest BCUT2D eigenvalue weighted by Gasteiger charge is 2.47. The maximum Gasteiger partial charge on any atom is 0.417 e. The number of Topliss-reactive ketones (excluding diaryl/α,β-unsaturated/α-hetero) is 1. The van der Waals surface area contributed by atoms with Crippen LogP contribution in [0.25, 0.3) is 0 Å². The lowest BCUT2D eigenvalue weighted by Crippen LogP contribution is -2.41. The average molecular weight is 523 g/mol. The molecule has 1 atom stereocenters. The van der Waals surface area contributed by atoms with Gasteiger partial charge < -0.3 is 0 Å². The Hall–Kier alpha value is -2.20. The monoisotopic (exact) mass is 522 g/mol. The SMILES string of the molecule is CSCCCC1(C(C)=O)CN(c2ccc(C(F)(F)F)cc2)N=C1c1ccc(C(F)(F)F)c(Cl)c1. The molecule has 11 heteroatoms. The number of carbonyl (C=O) groups excluding carboxylic acids is 1. The number of carbonyl (C=O) groups is 1. The van der Waals surface area contributed by atoms with Crippen LogP contribution in [0.3, 0.4) is 0 Å². The van der Waals surface area contributed by atoms with Crippen molar-refractivity contribution in [3.05, 3.63) is 64.2 Å². The Morgan fingerprint density at radius 3 is 2.24 bits per heavy atom. The van der Waals surface area contributed by atoms with Crippen LogP contribution < -0.4 is 5.01 Å². The highest BCUT2D eigenvalue weighted by molar-refractivity contribution is 7.98. The van der Waals surface area contributed by atoms with Crippen molar-refractivity contribution in [2.45, 2.75) is 32.1 Å². The Morgan fingerprint density at radius 1 is 1.09 bits per heavy atom. The van der Waals surface area contributed by atoms with Crippen molar-refractivity contribution in [2.75, 3.05) is 23.6 Å². The van der Waals surface area contributed by atoms with Crippen LogP contribution in [0.5, 0.6) is 0 Å². The first-order chi connectivity index (χ1) is 15.8. The zero-order chi connectivity index (χ0) is 25.3. The molecule has 0 amide bonds. The minimum Gasteiger partial charge on any atom is -0.299 e. The molecule has 0 aliphatic carbocycles. The van der Waals surface area contributed by atoms with E-state index in [-0.39, 0.29) is 23.6 Å². The molecule has 0 aromatic heterocycles. The van der Waals surface area contributed by atoms with E-state index in [4.69, 9.17) is 11.6 Å². The van der Waals surface area contributed by atoms with Crippen LogP contribution in [0.15, 0.2) is 47.6 Å². The van der Waals surface area contributed by atoms with E-state index in [0.29, 0.717) is 18.5 Å². The molecule has 1 aliphatic rings. The number of anilines is 1. The van der Waals surface area contributed by atoms with Crippen LogP contribution in [0, 0.1) is 5.41 Å². The normalized spacial score (nSPS) is 18.9. The fraction of sp³-hybridized carbons (Fsp3) is 0.391. The summed E-state index contributed by atoms with van der Waals surface area (Å²) in [5, 5.41) is 5.40. The molecule has 0 N–H and O–H groups in total. The van der Waals surface area contributed by atoms with Crippen LogP contribution >= 0.6 is 23.4 Å². The molecule has 0 saturated heterocycles. The summed E-state index contributed by atoms with van der Waals surface area (Å²) in [6, 6.07) is 7.53. The van der Waals surface area contributed by atoms with Crippen molar-refractivity contribution >= 4 is 40.5 Å². The zero-order valence-corrected chi connectivity index (χ0v) is 19.8. The number of ketones is 1. The highest BCUT2D eigenvalue weighted by Crippen LogP contribution is 2.42. The van der Waals surface area contributed by atoms with Crippen molar-refractivity contribution in [1.82, 2.24) is 0 Å². The molecule has 1 aliphatic heterocycles. The largest absolute Gasteiger partial charge is 0.417 e. The number of hydrogen-bond donors (Lipinski definition) is 0. The third-order valence-electron chi connectivity index (χ3n) is 5.76. The Morgan fingerprint density at radius 2 is 1.74 bits per heavy atom. The summed E-state index contributed by atoms with van der Waals surface area (Å²) in [6.07, 6.45) is -6.23. The summed E-state index contributed by atoms with van der Waals surface area (Å²) < 4.78 is 78.4. The molecular weight excluding hydrogens is 502 g/mol. The smallest absolute Gasteiger partial charge is 0.299 e. The maximum absolute atomic E-state index is 13.2. The molecule has 0 fully saturated rings. The third kappa shape index (κ3) is 5.38. The van der Waals surface area contributed by atoms with E-state index in [1.165, 1.54) is 30.1 Å². The van der Waals surface area contributed by atoms with Gasteiger partial charge in [-0.3, -0.25) is 9.80 Å². The first-order valence-electron chi connectivity index (χ1n) is 10.2. The molecular formula is C23H21ClF6N2OS. The Labute approximate surface area is 202 Å². The number of halogens is 7. The van der Waals surface area contributed by atoms with Gasteiger partial charge in [0, 0.05) is 5.56 Å². The molecule has 0 saturated carbocycles. The lowest BCUT2D eigenvalue weighted by molar-refractivity contribution is -0.138. The third-order valence-corrected chi connectivity index (χ3v) is 6.77. The van der Waals surface area contributed by atoms with Crippen LogP contribution in [0.1, 0.15) is 36.5 Å². The fourth-order valence-electron chi connectivity index (χ4n) is 3.95. The molecule has 2 aromatic rings. The van der Waals surface area contributed by atoms with Gasteiger partial charge in [-0.05, 0) is 68.2 Å². The second-order valence-electron chi connectivity index (χ2n) is 7.98. The molecule has 34 heavy (non-hydrogen) atoms. The first-order valence-corrected chi connectivity index (χ1v) is 12.0. The summed E-state index contributed by atoms with van der Waals surface area (Å²) in [5.74, 6) is 0.508. The van der Waals surface area contributed by atoms with Gasteiger partial charge in [-0.1, -0.05) is 17.7 Å². The van der Waals surface area contributed by atoms with Crippen LogP contribution in [0.2, 0.25) is 5.02 Å². The molecule has 0 spiro atoms. The first kappa shape index (κ1) is 26.4. The van der Waals surface area contributed by atoms with Crippen LogP contribution in [0.4, 0.5) is 32.0 Å². The maximum atomic E-state index is 13.2. The predicted octanol–water partition coefficient (Wildman–Crippen LogP) is 7.32. The van der Waals surface area contributed by atoms with E-state index in [1.807, 2.05) is 6.26 Å². The summed E-state index contributed by atoms with van der Waals surface area (Å²) in [7, 11) is 0. The van der Waals surface area contributed by atoms with Gasteiger partial charge in [-0.15, -0.1) is 0 Å². The molecule has 1 unspecified atom stereocenters. The number of rotatable bonds is 7. The van der Waals surface area contributed by atoms with E-state index in [0.717, 1.165) is 30.0 Å². The number of hydrogen-bond acceptors (Lipinski definition) is 4. The van der Waals surface area contributed by atoms with Gasteiger partial charge in [0.05, 0.1) is 39.5 Å². The van der Waals surface area contributed by atoms with Crippen molar-refractivity contribution < 1.29 is 31.1 Å². The Kier molecular flexibility index (Phi) is 7.62. The zero-order valence-electron chi connectivity index (χ0n) is 18.2. The fourth-order valence-corrected chi connectivity index (χ4v) is 4.67. The second kappa shape index (κ2) is 9.81. The minimum absolute atomic E-state index is 0.0516. The van der Waals surface area contributed by atoms with E-state index in [9.17, 15) is 31.1 Å². The Bertz CT molecular complexity index is 1080. The second-order valence-corrected chi connectivity index (χ2v) is 9.37. The summed E-state index contributed by atoms with van der Waals surface area (Å²) in [6.45, 7) is 1.44. The lowest BCUT2D eigenvalue weighted by atomic mass is 9.73. The van der Waals surface area contributed by atoms with Gasteiger partial charge in [0.25, 0.3) is 0 Å². The van der Waals surface area contributed by atoms with Gasteiger partial charge in [0.1, 0.15) is 5.78 Å². The van der Waals surface area contributed by atoms with E-state index >= 15 is 0 Å². The molecule has 1 heterocycles. The van der Waals surface area contributed by atoms with Gasteiger partial charge >= 0.3 is 12.4 Å². The van der Waals surface area contributed by atoms with Crippen molar-refractivity contribution in [1.29, 1.82) is 0 Å². The van der Waals surface area contributed by atoms with Gasteiger partial charge in [-0.25, -0.2) is 0 Å². The number of thioether (sulfide) groups is 1. The van der Waals surface area contributed by atoms with E-state index < -0.39 is 33.9 Å². The molecule has 0 radical (unpaired) electrons. The van der Waals surface area contributed by atoms with E-state index in [1.54, 1.807) is 11.8 Å². The summed E-state index contributed by atoms with van der Waals surface area (Å²) in [4.78, 5) is 12.9. The van der Waals surface area contributed by atoms with Gasteiger partial charge in [0.2, 0.25) is 0 Å². The van der Waals surface area contributed by atoms with Gasteiger partial charge in [-0.2, -0.15) is 43.2 Å². The summed E-state index contributed by atoms with van der Waals surface area (Å²) in [5.41, 5.74) is -2.15. The average Bonchev–Trinajstić information content (AvgIpc) is 3.13. The van der Waals surface area contributed by atoms with Crippen molar-refractivity contribution in [2.24, 2.45) is 10.5 Å². The Balaban J connectivity index is 2.08. The molecule has 0 bridgehead atoms. The number of benzene rings is 2. The number of alkyl halides is 6. The molecule has 3 rings (SSSR count). The summed E-state index contributed by atoms with van der Waals surface area (Å²) >= 11 is 7.51. The van der Waals surface area contributed by atoms with E-state index in [2.05, 4.69) is 5.10 Å². The van der Waals surface area contributed by atoms with Gasteiger partial charge in [0.15, 0.2) is 0 Å². The number of hydrazone groups is 1. The quantitative estimate of drug-likeness (QED) is 0.282. The molecule has 2 aromatic carbocycles. The highest BCUT2D eigenvalue weighted by atomic mass is 35.5. The van der Waals surface area contributed by atoms with Crippen LogP contribution in [-0.4, -0.2) is 30.0 Å². The van der Waals surface area contributed by atoms with Crippen LogP contribution in [-0.2, 0) is 17.1 Å².